The number of benzene rings is 1. The van der Waals surface area contributed by atoms with Gasteiger partial charge >= 0.3 is 0 Å². The van der Waals surface area contributed by atoms with E-state index in [1.165, 1.54) is 29.2 Å². The molecule has 0 fully saturated rings. The molecule has 30 heavy (non-hydrogen) atoms. The monoisotopic (exact) mass is 420 g/mol. The van der Waals surface area contributed by atoms with E-state index in [2.05, 4.69) is 44.7 Å². The first-order valence-electron chi connectivity index (χ1n) is 9.58. The second kappa shape index (κ2) is 8.42. The van der Waals surface area contributed by atoms with E-state index < -0.39 is 0 Å². The lowest BCUT2D eigenvalue weighted by Crippen LogP contribution is -2.15. The summed E-state index contributed by atoms with van der Waals surface area (Å²) in [5.74, 6) is 0.155. The van der Waals surface area contributed by atoms with Crippen molar-refractivity contribution in [3.05, 3.63) is 75.1 Å². The third-order valence-electron chi connectivity index (χ3n) is 4.71. The molecule has 152 valence electrons. The van der Waals surface area contributed by atoms with Crippen LogP contribution in [0.2, 0.25) is 0 Å². The van der Waals surface area contributed by atoms with Gasteiger partial charge in [-0.25, -0.2) is 14.8 Å². The normalized spacial score (nSPS) is 10.9. The summed E-state index contributed by atoms with van der Waals surface area (Å²) in [6, 6.07) is 11.2. The zero-order valence-corrected chi connectivity index (χ0v) is 17.4. The molecule has 0 aliphatic rings. The fourth-order valence-electron chi connectivity index (χ4n) is 3.10. The summed E-state index contributed by atoms with van der Waals surface area (Å²) in [5, 5.41) is 15.9. The van der Waals surface area contributed by atoms with Gasteiger partial charge in [0.25, 0.3) is 11.5 Å². The number of nitrogens with one attached hydrogen (secondary N) is 2. The fraction of sp³-hybridized carbons (Fsp3) is 0.190. The van der Waals surface area contributed by atoms with Gasteiger partial charge in [0.2, 0.25) is 0 Å². The van der Waals surface area contributed by atoms with E-state index in [-0.39, 0.29) is 11.5 Å². The number of anilines is 1. The number of nitrogens with zero attached hydrogens (tertiary/aromatic N) is 4. The second-order valence-electron chi connectivity index (χ2n) is 6.59. The summed E-state index contributed by atoms with van der Waals surface area (Å²) in [4.78, 5) is 28.6. The van der Waals surface area contributed by atoms with Crippen LogP contribution in [0.15, 0.2) is 52.8 Å². The Balaban J connectivity index is 1.55. The first-order valence-corrected chi connectivity index (χ1v) is 10.5. The van der Waals surface area contributed by atoms with Crippen molar-refractivity contribution >= 4 is 22.4 Å². The van der Waals surface area contributed by atoms with Gasteiger partial charge in [0.1, 0.15) is 0 Å². The van der Waals surface area contributed by atoms with Crippen LogP contribution >= 0.6 is 11.3 Å². The van der Waals surface area contributed by atoms with E-state index in [0.29, 0.717) is 28.6 Å². The van der Waals surface area contributed by atoms with Crippen molar-refractivity contribution in [3.63, 3.8) is 0 Å². The summed E-state index contributed by atoms with van der Waals surface area (Å²) < 4.78 is 1.55. The van der Waals surface area contributed by atoms with Gasteiger partial charge in [0.05, 0.1) is 23.1 Å². The van der Waals surface area contributed by atoms with Gasteiger partial charge in [-0.2, -0.15) is 10.2 Å². The quantitative estimate of drug-likeness (QED) is 0.497. The van der Waals surface area contributed by atoms with Crippen LogP contribution in [0.1, 0.15) is 35.5 Å². The molecular formula is C21H20N6O2S. The number of aromatic amines is 1. The number of thiazole rings is 1. The second-order valence-corrected chi connectivity index (χ2v) is 7.45. The van der Waals surface area contributed by atoms with Gasteiger partial charge in [-0.05, 0) is 24.5 Å². The molecule has 1 aromatic carbocycles. The summed E-state index contributed by atoms with van der Waals surface area (Å²) in [7, 11) is 0. The van der Waals surface area contributed by atoms with Crippen LogP contribution < -0.4 is 10.9 Å². The SMILES string of the molecule is CCc1ccc(-c2csc(NC(=O)c3cnn(-c4ccc(=O)[nH]n4)c3CC)n2)cc1. The molecule has 0 spiro atoms. The van der Waals surface area contributed by atoms with Crippen molar-refractivity contribution < 1.29 is 4.79 Å². The first kappa shape index (κ1) is 19.7. The molecular weight excluding hydrogens is 400 g/mol. The average Bonchev–Trinajstić information content (AvgIpc) is 3.41. The van der Waals surface area contributed by atoms with Crippen molar-refractivity contribution in [1.29, 1.82) is 0 Å². The summed E-state index contributed by atoms with van der Waals surface area (Å²) >= 11 is 1.37. The van der Waals surface area contributed by atoms with Gasteiger partial charge in [-0.3, -0.25) is 14.9 Å². The van der Waals surface area contributed by atoms with Gasteiger partial charge < -0.3 is 0 Å². The molecule has 4 rings (SSSR count). The molecule has 0 saturated carbocycles. The third-order valence-corrected chi connectivity index (χ3v) is 5.47. The van der Waals surface area contributed by atoms with Crippen LogP contribution in [-0.4, -0.2) is 30.9 Å². The van der Waals surface area contributed by atoms with Gasteiger partial charge in [-0.15, -0.1) is 11.3 Å². The number of hydrogen-bond acceptors (Lipinski definition) is 6. The third kappa shape index (κ3) is 3.92. The minimum absolute atomic E-state index is 0.287. The Hall–Kier alpha value is -3.59. The summed E-state index contributed by atoms with van der Waals surface area (Å²) in [6.07, 6.45) is 3.05. The van der Waals surface area contributed by atoms with E-state index in [0.717, 1.165) is 17.7 Å². The summed E-state index contributed by atoms with van der Waals surface area (Å²) in [6.45, 7) is 4.04. The molecule has 9 heteroatoms. The molecule has 0 aliphatic heterocycles. The molecule has 0 unspecified atom stereocenters. The maximum Gasteiger partial charge on any atom is 0.264 e. The van der Waals surface area contributed by atoms with E-state index in [1.807, 2.05) is 24.4 Å². The number of hydrogen-bond donors (Lipinski definition) is 2. The Morgan fingerprint density at radius 1 is 1.13 bits per heavy atom. The molecule has 0 aliphatic carbocycles. The molecule has 0 atom stereocenters. The lowest BCUT2D eigenvalue weighted by atomic mass is 10.1. The number of carbonyl (C=O) groups excluding carboxylic acids is 1. The zero-order valence-electron chi connectivity index (χ0n) is 16.5. The number of aryl methyl sites for hydroxylation is 1. The van der Waals surface area contributed by atoms with Gasteiger partial charge in [0, 0.05) is 17.0 Å². The van der Waals surface area contributed by atoms with Crippen LogP contribution in [0.5, 0.6) is 0 Å². The lowest BCUT2D eigenvalue weighted by molar-refractivity contribution is 0.102. The highest BCUT2D eigenvalue weighted by atomic mass is 32.1. The molecule has 2 N–H and O–H groups in total. The highest BCUT2D eigenvalue weighted by Crippen LogP contribution is 2.26. The van der Waals surface area contributed by atoms with Crippen LogP contribution in [0.25, 0.3) is 17.1 Å². The smallest absolute Gasteiger partial charge is 0.264 e. The molecule has 8 nitrogen and oxygen atoms in total. The Bertz CT molecular complexity index is 1220. The predicted molar refractivity (Wildman–Crippen MR) is 116 cm³/mol. The number of aromatic nitrogens is 5. The van der Waals surface area contributed by atoms with Crippen molar-refractivity contribution in [2.45, 2.75) is 26.7 Å². The average molecular weight is 420 g/mol. The van der Waals surface area contributed by atoms with E-state index in [9.17, 15) is 9.59 Å². The highest BCUT2D eigenvalue weighted by Gasteiger charge is 2.19. The Kier molecular flexibility index (Phi) is 5.53. The van der Waals surface area contributed by atoms with Crippen LogP contribution in [-0.2, 0) is 12.8 Å². The molecule has 3 aromatic heterocycles. The molecule has 4 aromatic rings. The highest BCUT2D eigenvalue weighted by molar-refractivity contribution is 7.14. The number of carbonyl (C=O) groups is 1. The van der Waals surface area contributed by atoms with E-state index >= 15 is 0 Å². The molecule has 0 radical (unpaired) electrons. The lowest BCUT2D eigenvalue weighted by Gasteiger charge is -2.06. The number of rotatable bonds is 6. The fourth-order valence-corrected chi connectivity index (χ4v) is 3.81. The molecule has 0 bridgehead atoms. The van der Waals surface area contributed by atoms with Gasteiger partial charge in [0.15, 0.2) is 10.9 Å². The molecule has 0 saturated heterocycles. The predicted octanol–water partition coefficient (Wildman–Crippen LogP) is 3.46. The summed E-state index contributed by atoms with van der Waals surface area (Å²) in [5.41, 5.74) is 3.93. The standard InChI is InChI=1S/C21H20N6O2S/c1-3-13-5-7-14(8-6-13)16-12-30-21(23-16)24-20(29)15-11-22-27(17(15)4-2)18-9-10-19(28)26-25-18/h5-12H,3-4H2,1-2H3,(H,26,28)(H,23,24,29). The minimum atomic E-state index is -0.300. The van der Waals surface area contributed by atoms with E-state index in [4.69, 9.17) is 0 Å². The zero-order chi connectivity index (χ0) is 21.1. The van der Waals surface area contributed by atoms with Crippen LogP contribution in [0.3, 0.4) is 0 Å². The largest absolute Gasteiger partial charge is 0.298 e. The van der Waals surface area contributed by atoms with Crippen molar-refractivity contribution in [2.75, 3.05) is 5.32 Å². The van der Waals surface area contributed by atoms with Crippen molar-refractivity contribution in [2.24, 2.45) is 0 Å². The maximum atomic E-state index is 12.8. The molecule has 1 amide bonds. The van der Waals surface area contributed by atoms with Crippen LogP contribution in [0, 0.1) is 0 Å². The van der Waals surface area contributed by atoms with Crippen molar-refractivity contribution in [3.8, 4) is 17.1 Å². The molecule has 3 heterocycles. The van der Waals surface area contributed by atoms with Crippen LogP contribution in [0.4, 0.5) is 5.13 Å². The van der Waals surface area contributed by atoms with Gasteiger partial charge in [-0.1, -0.05) is 38.1 Å². The Morgan fingerprint density at radius 3 is 2.60 bits per heavy atom. The first-order chi connectivity index (χ1) is 14.6. The number of H-pyrrole nitrogens is 1. The maximum absolute atomic E-state index is 12.8. The van der Waals surface area contributed by atoms with Crippen molar-refractivity contribution in [1.82, 2.24) is 25.0 Å². The Labute approximate surface area is 176 Å². The number of amides is 1. The Morgan fingerprint density at radius 2 is 1.93 bits per heavy atom. The van der Waals surface area contributed by atoms with E-state index in [1.54, 1.807) is 10.7 Å². The minimum Gasteiger partial charge on any atom is -0.298 e. The topological polar surface area (TPSA) is 106 Å².